The van der Waals surface area contributed by atoms with E-state index in [4.69, 9.17) is 4.74 Å². The van der Waals surface area contributed by atoms with Crippen LogP contribution in [0.2, 0.25) is 0 Å². The number of allylic oxidation sites excluding steroid dienone is 2. The van der Waals surface area contributed by atoms with Crippen molar-refractivity contribution in [2.45, 2.75) is 65.9 Å². The van der Waals surface area contributed by atoms with E-state index in [9.17, 15) is 19.5 Å². The van der Waals surface area contributed by atoms with Crippen LogP contribution < -0.4 is 4.74 Å². The molecule has 0 aromatic heterocycles. The first-order valence-electron chi connectivity index (χ1n) is 12.2. The molecule has 0 heterocycles. The molecule has 0 amide bonds. The molecule has 5 heteroatoms. The zero-order valence-corrected chi connectivity index (χ0v) is 21.0. The Labute approximate surface area is 207 Å². The van der Waals surface area contributed by atoms with Crippen molar-refractivity contribution in [3.8, 4) is 5.75 Å². The minimum Gasteiger partial charge on any atom is -0.512 e. The lowest BCUT2D eigenvalue weighted by atomic mass is 9.62. The summed E-state index contributed by atoms with van der Waals surface area (Å²) in [6.07, 6.45) is 1.11. The van der Waals surface area contributed by atoms with Gasteiger partial charge in [-0.15, -0.1) is 0 Å². The molecule has 1 unspecified atom stereocenters. The van der Waals surface area contributed by atoms with Crippen molar-refractivity contribution in [1.29, 1.82) is 0 Å². The largest absolute Gasteiger partial charge is 0.512 e. The van der Waals surface area contributed by atoms with Crippen molar-refractivity contribution in [2.24, 2.45) is 16.7 Å². The van der Waals surface area contributed by atoms with Crippen LogP contribution in [0.5, 0.6) is 5.75 Å². The first-order valence-corrected chi connectivity index (χ1v) is 12.2. The normalized spacial score (nSPS) is 21.2. The monoisotopic (exact) mass is 474 g/mol. The molecule has 0 radical (unpaired) electrons. The quantitative estimate of drug-likeness (QED) is 0.510. The maximum atomic E-state index is 13.3. The van der Waals surface area contributed by atoms with Crippen molar-refractivity contribution in [3.63, 3.8) is 0 Å². The van der Waals surface area contributed by atoms with Crippen LogP contribution in [0.15, 0.2) is 65.9 Å². The maximum absolute atomic E-state index is 13.3. The van der Waals surface area contributed by atoms with Crippen molar-refractivity contribution in [1.82, 2.24) is 0 Å². The van der Waals surface area contributed by atoms with Gasteiger partial charge in [0.15, 0.2) is 5.78 Å². The van der Waals surface area contributed by atoms with Crippen LogP contribution in [-0.4, -0.2) is 22.5 Å². The van der Waals surface area contributed by atoms with Crippen molar-refractivity contribution >= 4 is 17.3 Å². The summed E-state index contributed by atoms with van der Waals surface area (Å²) in [5.74, 6) is -1.81. The molecule has 184 valence electrons. The highest BCUT2D eigenvalue weighted by Gasteiger charge is 2.48. The Bertz CT molecular complexity index is 1150. The van der Waals surface area contributed by atoms with Gasteiger partial charge in [-0.25, -0.2) is 0 Å². The molecule has 0 saturated heterocycles. The Balaban J connectivity index is 1.75. The summed E-state index contributed by atoms with van der Waals surface area (Å²) in [6, 6.07) is 17.0. The van der Waals surface area contributed by atoms with E-state index in [0.29, 0.717) is 24.3 Å². The van der Waals surface area contributed by atoms with Gasteiger partial charge < -0.3 is 9.84 Å². The molecule has 1 N–H and O–H groups in total. The Kier molecular flexibility index (Phi) is 6.72. The Morgan fingerprint density at radius 3 is 2.11 bits per heavy atom. The summed E-state index contributed by atoms with van der Waals surface area (Å²) in [7, 11) is 0. The molecule has 2 aliphatic carbocycles. The smallest absolute Gasteiger partial charge is 0.163 e. The minimum absolute atomic E-state index is 0.0164. The maximum Gasteiger partial charge on any atom is 0.163 e. The second-order valence-corrected chi connectivity index (χ2v) is 11.6. The average Bonchev–Trinajstić information content (AvgIpc) is 2.75. The van der Waals surface area contributed by atoms with Crippen molar-refractivity contribution in [3.05, 3.63) is 77.1 Å². The van der Waals surface area contributed by atoms with Crippen molar-refractivity contribution in [2.75, 3.05) is 0 Å². The van der Waals surface area contributed by atoms with Crippen LogP contribution in [-0.2, 0) is 21.0 Å². The fraction of sp³-hybridized carbons (Fsp3) is 0.433. The summed E-state index contributed by atoms with van der Waals surface area (Å²) in [5, 5.41) is 11.0. The number of hydrogen-bond donors (Lipinski definition) is 1. The van der Waals surface area contributed by atoms with Gasteiger partial charge in [-0.3, -0.25) is 14.4 Å². The molecular weight excluding hydrogens is 440 g/mol. The number of ketones is 3. The predicted molar refractivity (Wildman–Crippen MR) is 134 cm³/mol. The lowest BCUT2D eigenvalue weighted by Crippen LogP contribution is -2.43. The number of rotatable bonds is 6. The number of carbonyl (C=O) groups is 3. The van der Waals surface area contributed by atoms with E-state index in [0.717, 1.165) is 5.56 Å². The Morgan fingerprint density at radius 1 is 0.857 bits per heavy atom. The summed E-state index contributed by atoms with van der Waals surface area (Å²) in [5.41, 5.74) is 1.07. The van der Waals surface area contributed by atoms with Gasteiger partial charge in [0.1, 0.15) is 29.7 Å². The van der Waals surface area contributed by atoms with Crippen molar-refractivity contribution < 1.29 is 24.2 Å². The Hall–Kier alpha value is -3.21. The van der Waals surface area contributed by atoms with Crippen LogP contribution in [0.25, 0.3) is 0 Å². The average molecular weight is 475 g/mol. The van der Waals surface area contributed by atoms with E-state index in [1.54, 1.807) is 12.1 Å². The minimum atomic E-state index is -0.991. The number of hydrogen-bond acceptors (Lipinski definition) is 5. The Morgan fingerprint density at radius 2 is 1.49 bits per heavy atom. The molecule has 1 fully saturated rings. The van der Waals surface area contributed by atoms with E-state index < -0.39 is 17.3 Å². The summed E-state index contributed by atoms with van der Waals surface area (Å²) >= 11 is 0. The van der Waals surface area contributed by atoms with Gasteiger partial charge in [0.05, 0.1) is 5.92 Å². The summed E-state index contributed by atoms with van der Waals surface area (Å²) in [4.78, 5) is 40.0. The van der Waals surface area contributed by atoms with Crippen LogP contribution in [0.3, 0.4) is 0 Å². The highest BCUT2D eigenvalue weighted by molar-refractivity contribution is 6.09. The number of benzene rings is 2. The third-order valence-electron chi connectivity index (χ3n) is 7.01. The molecule has 2 aromatic carbocycles. The third kappa shape index (κ3) is 5.55. The number of Topliss-reactive ketones (excluding diaryl/α,β-unsaturated/α-hetero) is 3. The topological polar surface area (TPSA) is 80.7 Å². The molecule has 0 bridgehead atoms. The summed E-state index contributed by atoms with van der Waals surface area (Å²) < 4.78 is 6.00. The number of aliphatic hydroxyl groups is 1. The molecule has 5 nitrogen and oxygen atoms in total. The van der Waals surface area contributed by atoms with E-state index >= 15 is 0 Å². The highest BCUT2D eigenvalue weighted by Crippen LogP contribution is 2.47. The summed E-state index contributed by atoms with van der Waals surface area (Å²) in [6.45, 7) is 8.06. The molecule has 0 spiro atoms. The van der Waals surface area contributed by atoms with E-state index in [2.05, 4.69) is 0 Å². The SMILES string of the molecule is CC1(C)CC(=O)C(C(C2=C(O)CC(C)(C)CC2=O)c2cccc(OCc3ccccc3)c2)C(=O)C1. The molecule has 2 aliphatic rings. The number of aliphatic hydroxyl groups excluding tert-OH is 1. The lowest BCUT2D eigenvalue weighted by Gasteiger charge is -2.39. The van der Waals surface area contributed by atoms with Crippen LogP contribution in [0, 0.1) is 16.7 Å². The fourth-order valence-electron chi connectivity index (χ4n) is 5.50. The van der Waals surface area contributed by atoms with Gasteiger partial charge in [0.2, 0.25) is 0 Å². The van der Waals surface area contributed by atoms with Gasteiger partial charge in [-0.1, -0.05) is 70.2 Å². The first-order chi connectivity index (χ1) is 16.5. The van der Waals surface area contributed by atoms with E-state index in [1.165, 1.54) is 0 Å². The molecule has 35 heavy (non-hydrogen) atoms. The molecule has 1 atom stereocenters. The van der Waals surface area contributed by atoms with Gasteiger partial charge in [0, 0.05) is 37.2 Å². The van der Waals surface area contributed by atoms with E-state index in [1.807, 2.05) is 70.2 Å². The molecule has 0 aliphatic heterocycles. The zero-order chi connectivity index (χ0) is 25.4. The molecule has 2 aromatic rings. The highest BCUT2D eigenvalue weighted by atomic mass is 16.5. The zero-order valence-electron chi connectivity index (χ0n) is 21.0. The van der Waals surface area contributed by atoms with Gasteiger partial charge >= 0.3 is 0 Å². The molecule has 1 saturated carbocycles. The lowest BCUT2D eigenvalue weighted by molar-refractivity contribution is -0.140. The number of ether oxygens (including phenoxy) is 1. The van der Waals surface area contributed by atoms with Gasteiger partial charge in [-0.05, 0) is 34.1 Å². The molecular formula is C30H34O5. The predicted octanol–water partition coefficient (Wildman–Crippen LogP) is 6.12. The van der Waals surface area contributed by atoms with E-state index in [-0.39, 0.29) is 53.4 Å². The van der Waals surface area contributed by atoms with Crippen LogP contribution >= 0.6 is 0 Å². The molecule has 4 rings (SSSR count). The van der Waals surface area contributed by atoms with Crippen LogP contribution in [0.4, 0.5) is 0 Å². The standard InChI is InChI=1S/C30H34O5/c1-29(2)14-22(31)27(23(32)15-29)26(28-24(33)16-30(3,4)17-25(28)34)20-11-8-12-21(13-20)35-18-19-9-6-5-7-10-19/h5-13,26-27,33H,14-18H2,1-4H3. The first kappa shape index (κ1) is 24.9. The van der Waals surface area contributed by atoms with Crippen LogP contribution in [0.1, 0.15) is 70.4 Å². The second-order valence-electron chi connectivity index (χ2n) is 11.6. The fourth-order valence-corrected chi connectivity index (χ4v) is 5.50. The van der Waals surface area contributed by atoms with Gasteiger partial charge in [-0.2, -0.15) is 0 Å². The second kappa shape index (κ2) is 9.44. The van der Waals surface area contributed by atoms with Gasteiger partial charge in [0.25, 0.3) is 0 Å². The number of carbonyl (C=O) groups excluding carboxylic acids is 3. The third-order valence-corrected chi connectivity index (χ3v) is 7.01.